The molecule has 1 amide bonds. The average molecular weight is 337 g/mol. The van der Waals surface area contributed by atoms with Crippen molar-refractivity contribution < 1.29 is 9.53 Å². The van der Waals surface area contributed by atoms with Crippen molar-refractivity contribution in [3.05, 3.63) is 64.2 Å². The first-order valence-corrected chi connectivity index (χ1v) is 9.10. The lowest BCUT2D eigenvalue weighted by atomic mass is 10.0. The summed E-state index contributed by atoms with van der Waals surface area (Å²) in [7, 11) is 0. The van der Waals surface area contributed by atoms with Crippen LogP contribution in [0.4, 0.5) is 0 Å². The third-order valence-corrected chi connectivity index (χ3v) is 4.98. The highest BCUT2D eigenvalue weighted by molar-refractivity contribution is 5.81. The van der Waals surface area contributed by atoms with Crippen LogP contribution in [0.1, 0.15) is 54.1 Å². The van der Waals surface area contributed by atoms with Crippen LogP contribution in [0.2, 0.25) is 0 Å². The average Bonchev–Trinajstić information content (AvgIpc) is 3.04. The molecule has 0 fully saturated rings. The van der Waals surface area contributed by atoms with E-state index < -0.39 is 6.10 Å². The molecule has 0 radical (unpaired) electrons. The van der Waals surface area contributed by atoms with Crippen molar-refractivity contribution >= 4 is 5.91 Å². The quantitative estimate of drug-likeness (QED) is 0.876. The Labute approximate surface area is 150 Å². The zero-order chi connectivity index (χ0) is 18.0. The van der Waals surface area contributed by atoms with Crippen LogP contribution in [0.15, 0.2) is 36.4 Å². The third-order valence-electron chi connectivity index (χ3n) is 4.98. The van der Waals surface area contributed by atoms with Gasteiger partial charge in [-0.1, -0.05) is 35.9 Å². The van der Waals surface area contributed by atoms with Crippen molar-refractivity contribution in [3.8, 4) is 5.75 Å². The summed E-state index contributed by atoms with van der Waals surface area (Å²) in [6.07, 6.45) is 3.03. The summed E-state index contributed by atoms with van der Waals surface area (Å²) in [6, 6.07) is 12.5. The molecule has 0 bridgehead atoms. The summed E-state index contributed by atoms with van der Waals surface area (Å²) in [5.74, 6) is 0.673. The molecule has 2 aromatic carbocycles. The van der Waals surface area contributed by atoms with E-state index in [4.69, 9.17) is 4.74 Å². The molecule has 2 atom stereocenters. The molecule has 0 aliphatic heterocycles. The van der Waals surface area contributed by atoms with Crippen LogP contribution in [0.3, 0.4) is 0 Å². The van der Waals surface area contributed by atoms with E-state index in [-0.39, 0.29) is 11.9 Å². The highest BCUT2D eigenvalue weighted by Crippen LogP contribution is 2.25. The molecule has 132 valence electrons. The maximum Gasteiger partial charge on any atom is 0.261 e. The number of amides is 1. The van der Waals surface area contributed by atoms with Crippen LogP contribution in [0.25, 0.3) is 0 Å². The lowest BCUT2D eigenvalue weighted by molar-refractivity contribution is -0.127. The van der Waals surface area contributed by atoms with Crippen molar-refractivity contribution in [1.82, 2.24) is 5.32 Å². The first-order chi connectivity index (χ1) is 11.9. The summed E-state index contributed by atoms with van der Waals surface area (Å²) >= 11 is 0. The van der Waals surface area contributed by atoms with E-state index in [1.165, 1.54) is 29.5 Å². The van der Waals surface area contributed by atoms with Crippen LogP contribution >= 0.6 is 0 Å². The van der Waals surface area contributed by atoms with E-state index in [0.717, 1.165) is 23.3 Å². The van der Waals surface area contributed by atoms with E-state index in [1.807, 2.05) is 32.9 Å². The number of carbonyl (C=O) groups excluding carboxylic acids is 1. The Bertz CT molecular complexity index is 782. The molecule has 25 heavy (non-hydrogen) atoms. The fourth-order valence-electron chi connectivity index (χ4n) is 3.45. The van der Waals surface area contributed by atoms with Gasteiger partial charge in [-0.3, -0.25) is 4.79 Å². The molecule has 3 heteroatoms. The van der Waals surface area contributed by atoms with Crippen molar-refractivity contribution in [2.24, 2.45) is 0 Å². The Kier molecular flexibility index (Phi) is 5.12. The van der Waals surface area contributed by atoms with E-state index in [9.17, 15) is 4.79 Å². The highest BCUT2D eigenvalue weighted by atomic mass is 16.5. The van der Waals surface area contributed by atoms with Gasteiger partial charge in [0.2, 0.25) is 0 Å². The van der Waals surface area contributed by atoms with Crippen LogP contribution < -0.4 is 10.1 Å². The second kappa shape index (κ2) is 7.30. The number of fused-ring (bicyclic) bond motifs is 1. The zero-order valence-corrected chi connectivity index (χ0v) is 15.6. The molecule has 3 rings (SSSR count). The van der Waals surface area contributed by atoms with Gasteiger partial charge in [0.15, 0.2) is 6.10 Å². The Balaban J connectivity index is 1.62. The van der Waals surface area contributed by atoms with Crippen molar-refractivity contribution in [2.75, 3.05) is 0 Å². The number of ether oxygens (including phenoxy) is 1. The van der Waals surface area contributed by atoms with Gasteiger partial charge in [0, 0.05) is 0 Å². The zero-order valence-electron chi connectivity index (χ0n) is 15.6. The molecule has 0 saturated carbocycles. The third kappa shape index (κ3) is 4.04. The Hall–Kier alpha value is -2.29. The predicted molar refractivity (Wildman–Crippen MR) is 101 cm³/mol. The van der Waals surface area contributed by atoms with Crippen LogP contribution in [-0.4, -0.2) is 12.0 Å². The smallest absolute Gasteiger partial charge is 0.261 e. The van der Waals surface area contributed by atoms with E-state index in [1.54, 1.807) is 6.92 Å². The lowest BCUT2D eigenvalue weighted by Gasteiger charge is -2.20. The monoisotopic (exact) mass is 337 g/mol. The first kappa shape index (κ1) is 17.5. The second-order valence-corrected chi connectivity index (χ2v) is 7.14. The molecular weight excluding hydrogens is 310 g/mol. The number of hydrogen-bond donors (Lipinski definition) is 1. The van der Waals surface area contributed by atoms with E-state index in [0.29, 0.717) is 0 Å². The lowest BCUT2D eigenvalue weighted by Crippen LogP contribution is -2.37. The summed E-state index contributed by atoms with van der Waals surface area (Å²) in [6.45, 7) is 7.87. The predicted octanol–water partition coefficient (Wildman–Crippen LogP) is 4.44. The Morgan fingerprint density at radius 3 is 2.56 bits per heavy atom. The van der Waals surface area contributed by atoms with Gasteiger partial charge in [0.05, 0.1) is 6.04 Å². The maximum atomic E-state index is 12.5. The fourth-order valence-corrected chi connectivity index (χ4v) is 3.45. The van der Waals surface area contributed by atoms with Gasteiger partial charge in [-0.2, -0.15) is 0 Å². The molecule has 0 aromatic heterocycles. The number of rotatable bonds is 5. The number of benzene rings is 2. The topological polar surface area (TPSA) is 38.3 Å². The first-order valence-electron chi connectivity index (χ1n) is 9.10. The normalized spacial score (nSPS) is 15.4. The van der Waals surface area contributed by atoms with Gasteiger partial charge < -0.3 is 10.1 Å². The van der Waals surface area contributed by atoms with Crippen LogP contribution in [0.5, 0.6) is 5.75 Å². The van der Waals surface area contributed by atoms with E-state index >= 15 is 0 Å². The SMILES string of the molecule is Cc1ccc(OC(C)C(=O)NC(C)c2ccc3c(c2)CCC3)c(C)c1. The minimum absolute atomic E-state index is 0.0245. The minimum atomic E-state index is -0.529. The molecule has 3 nitrogen and oxygen atoms in total. The molecule has 0 saturated heterocycles. The van der Waals surface area contributed by atoms with Gasteiger partial charge in [0.25, 0.3) is 5.91 Å². The summed E-state index contributed by atoms with van der Waals surface area (Å²) in [5.41, 5.74) is 6.28. The van der Waals surface area contributed by atoms with Gasteiger partial charge in [-0.15, -0.1) is 0 Å². The van der Waals surface area contributed by atoms with Crippen molar-refractivity contribution in [3.63, 3.8) is 0 Å². The number of hydrogen-bond acceptors (Lipinski definition) is 2. The molecule has 2 unspecified atom stereocenters. The molecular formula is C22H27NO2. The van der Waals surface area contributed by atoms with E-state index in [2.05, 4.69) is 29.6 Å². The molecule has 1 N–H and O–H groups in total. The van der Waals surface area contributed by atoms with Crippen molar-refractivity contribution in [2.45, 2.75) is 59.1 Å². The van der Waals surface area contributed by atoms with Crippen LogP contribution in [0, 0.1) is 13.8 Å². The van der Waals surface area contributed by atoms with Gasteiger partial charge >= 0.3 is 0 Å². The summed E-state index contributed by atoms with van der Waals surface area (Å²) in [5, 5.41) is 3.07. The van der Waals surface area contributed by atoms with Crippen molar-refractivity contribution in [1.29, 1.82) is 0 Å². The molecule has 0 heterocycles. The highest BCUT2D eigenvalue weighted by Gasteiger charge is 2.19. The molecule has 1 aliphatic rings. The van der Waals surface area contributed by atoms with Gasteiger partial charge in [-0.25, -0.2) is 0 Å². The van der Waals surface area contributed by atoms with Gasteiger partial charge in [-0.05, 0) is 75.3 Å². The Morgan fingerprint density at radius 2 is 1.80 bits per heavy atom. The minimum Gasteiger partial charge on any atom is -0.481 e. The molecule has 2 aromatic rings. The number of aryl methyl sites for hydroxylation is 4. The van der Waals surface area contributed by atoms with Gasteiger partial charge in [0.1, 0.15) is 5.75 Å². The fraction of sp³-hybridized carbons (Fsp3) is 0.409. The summed E-state index contributed by atoms with van der Waals surface area (Å²) in [4.78, 5) is 12.5. The second-order valence-electron chi connectivity index (χ2n) is 7.14. The largest absolute Gasteiger partial charge is 0.481 e. The molecule has 1 aliphatic carbocycles. The standard InChI is InChI=1S/C22H27NO2/c1-14-8-11-21(15(2)12-14)25-17(4)22(24)23-16(3)19-10-9-18-6-5-7-20(18)13-19/h8-13,16-17H,5-7H2,1-4H3,(H,23,24). The number of nitrogens with one attached hydrogen (secondary N) is 1. The number of carbonyl (C=O) groups is 1. The maximum absolute atomic E-state index is 12.5. The Morgan fingerprint density at radius 1 is 1.04 bits per heavy atom. The van der Waals surface area contributed by atoms with Crippen LogP contribution in [-0.2, 0) is 17.6 Å². The summed E-state index contributed by atoms with van der Waals surface area (Å²) < 4.78 is 5.86. The molecule has 0 spiro atoms.